The second-order valence-electron chi connectivity index (χ2n) is 5.63. The first-order chi connectivity index (χ1) is 9.90. The molecule has 0 aromatic carbocycles. The third-order valence-corrected chi connectivity index (χ3v) is 3.89. The van der Waals surface area contributed by atoms with Gasteiger partial charge in [-0.2, -0.15) is 5.10 Å². The van der Waals surface area contributed by atoms with Crippen LogP contribution in [0.25, 0.3) is 0 Å². The summed E-state index contributed by atoms with van der Waals surface area (Å²) >= 11 is 0. The minimum atomic E-state index is 0.00335. The summed E-state index contributed by atoms with van der Waals surface area (Å²) < 4.78 is 0. The molecule has 0 radical (unpaired) electrons. The van der Waals surface area contributed by atoms with E-state index in [2.05, 4.69) is 10.2 Å². The van der Waals surface area contributed by atoms with Crippen molar-refractivity contribution in [2.75, 3.05) is 40.3 Å². The first kappa shape index (κ1) is 15.3. The number of piperazine rings is 1. The number of aryl methyl sites for hydroxylation is 2. The van der Waals surface area contributed by atoms with E-state index in [9.17, 15) is 9.59 Å². The number of hydrogen-bond acceptors (Lipinski definition) is 3. The Morgan fingerprint density at radius 2 is 1.71 bits per heavy atom. The fourth-order valence-electron chi connectivity index (χ4n) is 2.53. The number of H-pyrrole nitrogens is 1. The Morgan fingerprint density at radius 3 is 2.19 bits per heavy atom. The van der Waals surface area contributed by atoms with Crippen molar-refractivity contribution >= 4 is 11.9 Å². The van der Waals surface area contributed by atoms with Gasteiger partial charge in [0.2, 0.25) is 5.91 Å². The number of hydrogen-bond donors (Lipinski definition) is 1. The van der Waals surface area contributed by atoms with Gasteiger partial charge < -0.3 is 14.7 Å². The number of amides is 3. The van der Waals surface area contributed by atoms with Crippen LogP contribution in [0.1, 0.15) is 17.0 Å². The monoisotopic (exact) mass is 293 g/mol. The Labute approximate surface area is 124 Å². The van der Waals surface area contributed by atoms with Crippen molar-refractivity contribution in [3.63, 3.8) is 0 Å². The number of aromatic nitrogens is 2. The molecule has 0 atom stereocenters. The van der Waals surface area contributed by atoms with Crippen LogP contribution in [0, 0.1) is 13.8 Å². The van der Waals surface area contributed by atoms with E-state index in [1.54, 1.807) is 23.9 Å². The molecule has 0 unspecified atom stereocenters. The lowest BCUT2D eigenvalue weighted by atomic mass is 10.1. The molecule has 3 amide bonds. The molecule has 7 heteroatoms. The third kappa shape index (κ3) is 3.34. The summed E-state index contributed by atoms with van der Waals surface area (Å²) in [6.07, 6.45) is 0.371. The van der Waals surface area contributed by atoms with Gasteiger partial charge in [0.25, 0.3) is 0 Å². The Bertz CT molecular complexity index is 510. The van der Waals surface area contributed by atoms with Crippen LogP contribution in [0.15, 0.2) is 0 Å². The lowest BCUT2D eigenvalue weighted by molar-refractivity contribution is -0.131. The van der Waals surface area contributed by atoms with Crippen molar-refractivity contribution in [3.8, 4) is 0 Å². The number of nitrogens with one attached hydrogen (secondary N) is 1. The molecule has 21 heavy (non-hydrogen) atoms. The van der Waals surface area contributed by atoms with Crippen LogP contribution in [-0.4, -0.2) is 77.1 Å². The Morgan fingerprint density at radius 1 is 1.14 bits per heavy atom. The summed E-state index contributed by atoms with van der Waals surface area (Å²) in [6.45, 7) is 6.19. The molecule has 1 aliphatic heterocycles. The standard InChI is InChI=1S/C14H23N5O2/c1-10-12(11(2)16-15-10)9-13(20)18-5-7-19(8-6-18)14(21)17(3)4/h5-9H2,1-4H3,(H,15,16). The maximum atomic E-state index is 12.4. The van der Waals surface area contributed by atoms with E-state index in [0.29, 0.717) is 32.6 Å². The first-order valence-corrected chi connectivity index (χ1v) is 7.14. The maximum Gasteiger partial charge on any atom is 0.319 e. The molecular formula is C14H23N5O2. The lowest BCUT2D eigenvalue weighted by Gasteiger charge is -2.36. The zero-order chi connectivity index (χ0) is 15.6. The molecule has 2 rings (SSSR count). The van der Waals surface area contributed by atoms with Gasteiger partial charge in [-0.15, -0.1) is 0 Å². The van der Waals surface area contributed by atoms with Gasteiger partial charge in [-0.1, -0.05) is 0 Å². The molecule has 1 saturated heterocycles. The maximum absolute atomic E-state index is 12.4. The van der Waals surface area contributed by atoms with Gasteiger partial charge >= 0.3 is 6.03 Å². The fraction of sp³-hybridized carbons (Fsp3) is 0.643. The van der Waals surface area contributed by atoms with Gasteiger partial charge in [-0.05, 0) is 13.8 Å². The van der Waals surface area contributed by atoms with Crippen LogP contribution in [-0.2, 0) is 11.2 Å². The van der Waals surface area contributed by atoms with Crippen LogP contribution in [0.3, 0.4) is 0 Å². The number of aromatic amines is 1. The third-order valence-electron chi connectivity index (χ3n) is 3.89. The summed E-state index contributed by atoms with van der Waals surface area (Å²) in [4.78, 5) is 29.4. The van der Waals surface area contributed by atoms with E-state index < -0.39 is 0 Å². The SMILES string of the molecule is Cc1n[nH]c(C)c1CC(=O)N1CCN(C(=O)N(C)C)CC1. The zero-order valence-corrected chi connectivity index (χ0v) is 13.1. The zero-order valence-electron chi connectivity index (χ0n) is 13.1. The molecule has 0 aliphatic carbocycles. The van der Waals surface area contributed by atoms with E-state index in [-0.39, 0.29) is 11.9 Å². The average molecular weight is 293 g/mol. The van der Waals surface area contributed by atoms with E-state index in [0.717, 1.165) is 17.0 Å². The summed E-state index contributed by atoms with van der Waals surface area (Å²) in [7, 11) is 3.48. The quantitative estimate of drug-likeness (QED) is 0.857. The van der Waals surface area contributed by atoms with Crippen LogP contribution in [0.4, 0.5) is 4.79 Å². The van der Waals surface area contributed by atoms with Crippen molar-refractivity contribution in [1.29, 1.82) is 0 Å². The van der Waals surface area contributed by atoms with Gasteiger partial charge in [0.1, 0.15) is 0 Å². The molecule has 7 nitrogen and oxygen atoms in total. The van der Waals surface area contributed by atoms with Crippen molar-refractivity contribution in [3.05, 3.63) is 17.0 Å². The van der Waals surface area contributed by atoms with E-state index >= 15 is 0 Å². The Kier molecular flexibility index (Phi) is 4.50. The number of carbonyl (C=O) groups excluding carboxylic acids is 2. The van der Waals surface area contributed by atoms with Crippen LogP contribution in [0.5, 0.6) is 0 Å². The second kappa shape index (κ2) is 6.15. The van der Waals surface area contributed by atoms with Gasteiger partial charge in [0.05, 0.1) is 12.1 Å². The van der Waals surface area contributed by atoms with Gasteiger partial charge in [-0.3, -0.25) is 9.89 Å². The van der Waals surface area contributed by atoms with Gasteiger partial charge in [0.15, 0.2) is 0 Å². The number of urea groups is 1. The van der Waals surface area contributed by atoms with Crippen molar-refractivity contribution < 1.29 is 9.59 Å². The normalized spacial score (nSPS) is 15.2. The van der Waals surface area contributed by atoms with Crippen LogP contribution >= 0.6 is 0 Å². The van der Waals surface area contributed by atoms with Crippen molar-refractivity contribution in [2.24, 2.45) is 0 Å². The highest BCUT2D eigenvalue weighted by Crippen LogP contribution is 2.13. The Balaban J connectivity index is 1.90. The van der Waals surface area contributed by atoms with E-state index in [1.165, 1.54) is 0 Å². The smallest absolute Gasteiger partial charge is 0.319 e. The molecule has 1 aliphatic rings. The molecule has 2 heterocycles. The molecule has 116 valence electrons. The lowest BCUT2D eigenvalue weighted by Crippen LogP contribution is -2.53. The molecule has 1 aromatic heterocycles. The van der Waals surface area contributed by atoms with Gasteiger partial charge in [-0.25, -0.2) is 4.79 Å². The highest BCUT2D eigenvalue weighted by Gasteiger charge is 2.25. The fourth-order valence-corrected chi connectivity index (χ4v) is 2.53. The number of nitrogens with zero attached hydrogens (tertiary/aromatic N) is 4. The van der Waals surface area contributed by atoms with Crippen molar-refractivity contribution in [2.45, 2.75) is 20.3 Å². The average Bonchev–Trinajstić information content (AvgIpc) is 2.78. The Hall–Kier alpha value is -2.05. The molecule has 0 spiro atoms. The summed E-state index contributed by atoms with van der Waals surface area (Å²) in [5.74, 6) is 0.0968. The minimum Gasteiger partial charge on any atom is -0.339 e. The highest BCUT2D eigenvalue weighted by molar-refractivity contribution is 5.80. The summed E-state index contributed by atoms with van der Waals surface area (Å²) in [5.41, 5.74) is 2.80. The molecule has 1 aromatic rings. The largest absolute Gasteiger partial charge is 0.339 e. The summed E-state index contributed by atoms with van der Waals surface area (Å²) in [5, 5.41) is 7.02. The predicted molar refractivity (Wildman–Crippen MR) is 79.0 cm³/mol. The summed E-state index contributed by atoms with van der Waals surface area (Å²) in [6, 6.07) is 0.00335. The van der Waals surface area contributed by atoms with Crippen LogP contribution in [0.2, 0.25) is 0 Å². The van der Waals surface area contributed by atoms with Crippen molar-refractivity contribution in [1.82, 2.24) is 24.9 Å². The topological polar surface area (TPSA) is 72.5 Å². The van der Waals surface area contributed by atoms with Crippen LogP contribution < -0.4 is 0 Å². The first-order valence-electron chi connectivity index (χ1n) is 7.14. The minimum absolute atomic E-state index is 0.00335. The highest BCUT2D eigenvalue weighted by atomic mass is 16.2. The second-order valence-corrected chi connectivity index (χ2v) is 5.63. The number of rotatable bonds is 2. The molecule has 0 saturated carbocycles. The molecule has 0 bridgehead atoms. The molecule has 1 N–H and O–H groups in total. The molecule has 1 fully saturated rings. The number of carbonyl (C=O) groups is 2. The predicted octanol–water partition coefficient (Wildman–Crippen LogP) is 0.395. The van der Waals surface area contributed by atoms with E-state index in [4.69, 9.17) is 0 Å². The van der Waals surface area contributed by atoms with E-state index in [1.807, 2.05) is 18.7 Å². The molecular weight excluding hydrogens is 270 g/mol. The van der Waals surface area contributed by atoms with Gasteiger partial charge in [0, 0.05) is 51.5 Å².